The molecule has 1 aliphatic carbocycles. The summed E-state index contributed by atoms with van der Waals surface area (Å²) in [5.41, 5.74) is -0.0847. The molecule has 1 aliphatic rings. The predicted octanol–water partition coefficient (Wildman–Crippen LogP) is 3.96. The highest BCUT2D eigenvalue weighted by Gasteiger charge is 2.26. The van der Waals surface area contributed by atoms with Crippen molar-refractivity contribution in [3.05, 3.63) is 60.0 Å². The van der Waals surface area contributed by atoms with Crippen LogP contribution in [0.25, 0.3) is 0 Å². The van der Waals surface area contributed by atoms with Crippen LogP contribution in [0.1, 0.15) is 45.6 Å². The van der Waals surface area contributed by atoms with E-state index < -0.39 is 27.1 Å². The molecule has 3 rings (SSSR count). The highest BCUT2D eigenvalue weighted by atomic mass is 32.1. The highest BCUT2D eigenvalue weighted by molar-refractivity contribution is 7.16. The third-order valence-electron chi connectivity index (χ3n) is 4.39. The number of non-ortho nitro benzene ring substituents is 1. The van der Waals surface area contributed by atoms with Gasteiger partial charge in [0, 0.05) is 10.9 Å². The summed E-state index contributed by atoms with van der Waals surface area (Å²) in [4.78, 5) is 34.1. The zero-order chi connectivity index (χ0) is 19.6. The number of rotatable bonds is 4. The third-order valence-corrected chi connectivity index (χ3v) is 5.60. The number of amides is 1. The average molecular weight is 386 g/mol. The zero-order valence-corrected chi connectivity index (χ0v) is 14.9. The second kappa shape index (κ2) is 7.51. The fraction of sp³-hybridized carbons (Fsp3) is 0.294. The highest BCUT2D eigenvalue weighted by Crippen LogP contribution is 2.37. The van der Waals surface area contributed by atoms with E-state index in [0.29, 0.717) is 10.6 Å². The molecular formula is C17H14N4O5S. The monoisotopic (exact) mass is 386 g/mol. The molecule has 138 valence electrons. The Balaban J connectivity index is 1.96. The minimum atomic E-state index is -0.837. The zero-order valence-electron chi connectivity index (χ0n) is 14.1. The molecule has 27 heavy (non-hydrogen) atoms. The summed E-state index contributed by atoms with van der Waals surface area (Å²) >= 11 is 1.31. The van der Waals surface area contributed by atoms with Crippen molar-refractivity contribution in [1.82, 2.24) is 0 Å². The van der Waals surface area contributed by atoms with Crippen molar-refractivity contribution in [3.8, 4) is 6.07 Å². The SMILES string of the molecule is N#Cc1c(NC(=O)c2ccc([N+](=O)[O-])cc2[N+](=O)[O-])sc2c1CCCCC2. The molecule has 9 nitrogen and oxygen atoms in total. The molecule has 0 saturated carbocycles. The molecular weight excluding hydrogens is 372 g/mol. The quantitative estimate of drug-likeness (QED) is 0.479. The van der Waals surface area contributed by atoms with Gasteiger partial charge in [-0.1, -0.05) is 6.42 Å². The van der Waals surface area contributed by atoms with Crippen LogP contribution < -0.4 is 5.32 Å². The number of nitro benzene ring substituents is 2. The Bertz CT molecular complexity index is 992. The summed E-state index contributed by atoms with van der Waals surface area (Å²) in [5, 5.41) is 34.5. The second-order valence-corrected chi connectivity index (χ2v) is 7.16. The molecule has 1 heterocycles. The van der Waals surface area contributed by atoms with Gasteiger partial charge in [-0.25, -0.2) is 0 Å². The maximum absolute atomic E-state index is 12.6. The van der Waals surface area contributed by atoms with Crippen LogP contribution in [0.2, 0.25) is 0 Å². The van der Waals surface area contributed by atoms with Crippen LogP contribution in [0.5, 0.6) is 0 Å². The Labute approximate surface area is 157 Å². The second-order valence-electron chi connectivity index (χ2n) is 6.05. The standard InChI is InChI=1S/C17H14N4O5S/c18-9-13-11-4-2-1-3-5-15(11)27-17(13)19-16(22)12-7-6-10(20(23)24)8-14(12)21(25)26/h6-8H,1-5H2,(H,19,22). The van der Waals surface area contributed by atoms with Gasteiger partial charge in [-0.3, -0.25) is 25.0 Å². The van der Waals surface area contributed by atoms with Crippen molar-refractivity contribution < 1.29 is 14.6 Å². The van der Waals surface area contributed by atoms with Gasteiger partial charge in [0.25, 0.3) is 17.3 Å². The smallest absolute Gasteiger partial charge is 0.289 e. The number of benzene rings is 1. The van der Waals surface area contributed by atoms with Gasteiger partial charge in [-0.2, -0.15) is 5.26 Å². The van der Waals surface area contributed by atoms with Crippen LogP contribution >= 0.6 is 11.3 Å². The van der Waals surface area contributed by atoms with Crippen LogP contribution in [0.3, 0.4) is 0 Å². The van der Waals surface area contributed by atoms with Gasteiger partial charge in [0.05, 0.1) is 21.5 Å². The minimum Gasteiger partial charge on any atom is -0.312 e. The van der Waals surface area contributed by atoms with Crippen LogP contribution in [-0.2, 0) is 12.8 Å². The van der Waals surface area contributed by atoms with E-state index in [2.05, 4.69) is 11.4 Å². The van der Waals surface area contributed by atoms with E-state index in [1.54, 1.807) is 0 Å². The lowest BCUT2D eigenvalue weighted by atomic mass is 10.1. The number of nitrogens with one attached hydrogen (secondary N) is 1. The Morgan fingerprint density at radius 1 is 1.15 bits per heavy atom. The van der Waals surface area contributed by atoms with Crippen molar-refractivity contribution in [2.45, 2.75) is 32.1 Å². The first-order valence-corrected chi connectivity index (χ1v) is 9.03. The fourth-order valence-corrected chi connectivity index (χ4v) is 4.33. The number of hydrogen-bond donors (Lipinski definition) is 1. The lowest BCUT2D eigenvalue weighted by Crippen LogP contribution is -2.14. The molecule has 0 unspecified atom stereocenters. The first-order chi connectivity index (χ1) is 12.9. The van der Waals surface area contributed by atoms with Crippen molar-refractivity contribution in [2.24, 2.45) is 0 Å². The number of thiophene rings is 1. The van der Waals surface area contributed by atoms with Crippen LogP contribution in [0.4, 0.5) is 16.4 Å². The molecule has 1 aromatic heterocycles. The molecule has 2 aromatic rings. The number of aryl methyl sites for hydroxylation is 1. The van der Waals surface area contributed by atoms with E-state index in [1.807, 2.05) is 0 Å². The Hall–Kier alpha value is -3.32. The molecule has 1 aromatic carbocycles. The number of fused-ring (bicyclic) bond motifs is 1. The molecule has 0 radical (unpaired) electrons. The third kappa shape index (κ3) is 3.63. The van der Waals surface area contributed by atoms with Crippen LogP contribution in [0, 0.1) is 31.6 Å². The van der Waals surface area contributed by atoms with Crippen molar-refractivity contribution in [2.75, 3.05) is 5.32 Å². The molecule has 0 fully saturated rings. The minimum absolute atomic E-state index is 0.293. The van der Waals surface area contributed by atoms with Crippen LogP contribution in [0.15, 0.2) is 18.2 Å². The number of anilines is 1. The Kier molecular flexibility index (Phi) is 5.14. The van der Waals surface area contributed by atoms with Gasteiger partial charge >= 0.3 is 0 Å². The summed E-state index contributed by atoms with van der Waals surface area (Å²) in [5.74, 6) is -0.774. The van der Waals surface area contributed by atoms with E-state index in [1.165, 1.54) is 11.3 Å². The maximum Gasteiger partial charge on any atom is 0.289 e. The summed E-state index contributed by atoms with van der Waals surface area (Å²) in [6.45, 7) is 0. The summed E-state index contributed by atoms with van der Waals surface area (Å²) in [7, 11) is 0. The van der Waals surface area contributed by atoms with Gasteiger partial charge in [0.1, 0.15) is 16.6 Å². The van der Waals surface area contributed by atoms with E-state index in [4.69, 9.17) is 0 Å². The average Bonchev–Trinajstić information content (AvgIpc) is 2.80. The predicted molar refractivity (Wildman–Crippen MR) is 98.0 cm³/mol. The number of carbonyl (C=O) groups is 1. The van der Waals surface area contributed by atoms with Gasteiger partial charge in [0.2, 0.25) is 0 Å². The summed E-state index contributed by atoms with van der Waals surface area (Å²) in [6.07, 6.45) is 4.67. The number of nitriles is 1. The lowest BCUT2D eigenvalue weighted by Gasteiger charge is -2.05. The Morgan fingerprint density at radius 2 is 1.89 bits per heavy atom. The molecule has 0 atom stereocenters. The van der Waals surface area contributed by atoms with E-state index in [-0.39, 0.29) is 5.56 Å². The van der Waals surface area contributed by atoms with Gasteiger partial charge in [0.15, 0.2) is 0 Å². The lowest BCUT2D eigenvalue weighted by molar-refractivity contribution is -0.394. The molecule has 0 bridgehead atoms. The topological polar surface area (TPSA) is 139 Å². The first-order valence-electron chi connectivity index (χ1n) is 8.21. The summed E-state index contributed by atoms with van der Waals surface area (Å²) < 4.78 is 0. The Morgan fingerprint density at radius 3 is 2.56 bits per heavy atom. The fourth-order valence-electron chi connectivity index (χ4n) is 3.10. The van der Waals surface area contributed by atoms with Gasteiger partial charge in [-0.05, 0) is 37.3 Å². The number of hydrogen-bond acceptors (Lipinski definition) is 7. The van der Waals surface area contributed by atoms with Gasteiger partial charge in [-0.15, -0.1) is 11.3 Å². The maximum atomic E-state index is 12.6. The molecule has 0 aliphatic heterocycles. The van der Waals surface area contributed by atoms with Crippen molar-refractivity contribution in [1.29, 1.82) is 5.26 Å². The van der Waals surface area contributed by atoms with E-state index in [9.17, 15) is 30.3 Å². The largest absolute Gasteiger partial charge is 0.312 e. The molecule has 0 saturated heterocycles. The van der Waals surface area contributed by atoms with Gasteiger partial charge < -0.3 is 5.32 Å². The van der Waals surface area contributed by atoms with Crippen molar-refractivity contribution in [3.63, 3.8) is 0 Å². The van der Waals surface area contributed by atoms with E-state index in [0.717, 1.165) is 60.7 Å². The molecule has 10 heteroatoms. The molecule has 0 spiro atoms. The molecule has 1 amide bonds. The number of nitro groups is 2. The normalized spacial score (nSPS) is 13.1. The number of carbonyl (C=O) groups excluding carboxylic acids is 1. The summed E-state index contributed by atoms with van der Waals surface area (Å²) in [6, 6.07) is 4.97. The van der Waals surface area contributed by atoms with Crippen molar-refractivity contribution >= 4 is 33.6 Å². The van der Waals surface area contributed by atoms with E-state index >= 15 is 0 Å². The first kappa shape index (κ1) is 18.5. The van der Waals surface area contributed by atoms with Crippen LogP contribution in [-0.4, -0.2) is 15.8 Å². The number of nitrogens with zero attached hydrogens (tertiary/aromatic N) is 3. The molecule has 1 N–H and O–H groups in total.